The second-order valence-corrected chi connectivity index (χ2v) is 8.40. The summed E-state index contributed by atoms with van der Waals surface area (Å²) in [4.78, 5) is 11.5. The van der Waals surface area contributed by atoms with Crippen LogP contribution < -0.4 is 10.1 Å². The standard InChI is InChI=1S/C29H28FNO3/c1-4-34-24-10-7-9-20(15-24)18(2)31-19(3)23-14-21-8-5-6-11-25(21)26(17-23)22-12-13-28(30)27(16-22)29(32)33/h5-19,31H,4H2,1-3H3,(H,32,33)/t18-,19?/m1/s1. The van der Waals surface area contributed by atoms with E-state index < -0.39 is 11.8 Å². The van der Waals surface area contributed by atoms with E-state index in [2.05, 4.69) is 37.4 Å². The maximum atomic E-state index is 14.0. The number of carboxylic acids is 1. The highest BCUT2D eigenvalue weighted by molar-refractivity contribution is 5.99. The number of nitrogens with one attached hydrogen (secondary N) is 1. The zero-order valence-electron chi connectivity index (χ0n) is 19.5. The summed E-state index contributed by atoms with van der Waals surface area (Å²) in [5.41, 5.74) is 3.39. The first-order valence-corrected chi connectivity index (χ1v) is 11.4. The van der Waals surface area contributed by atoms with Gasteiger partial charge in [-0.3, -0.25) is 0 Å². The van der Waals surface area contributed by atoms with Gasteiger partial charge in [-0.15, -0.1) is 0 Å². The van der Waals surface area contributed by atoms with Crippen LogP contribution in [0, 0.1) is 5.82 Å². The van der Waals surface area contributed by atoms with Gasteiger partial charge in [0.2, 0.25) is 0 Å². The van der Waals surface area contributed by atoms with Crippen LogP contribution in [0.5, 0.6) is 5.75 Å². The first-order valence-electron chi connectivity index (χ1n) is 11.4. The Kier molecular flexibility index (Phi) is 6.94. The Balaban J connectivity index is 1.71. The van der Waals surface area contributed by atoms with Crippen molar-refractivity contribution >= 4 is 16.7 Å². The van der Waals surface area contributed by atoms with Crippen LogP contribution in [-0.2, 0) is 0 Å². The van der Waals surface area contributed by atoms with Crippen LogP contribution in [0.15, 0.2) is 78.9 Å². The average Bonchev–Trinajstić information content (AvgIpc) is 2.84. The number of aromatic carboxylic acids is 1. The molecule has 0 aliphatic carbocycles. The van der Waals surface area contributed by atoms with Crippen molar-refractivity contribution in [2.75, 3.05) is 6.61 Å². The maximum absolute atomic E-state index is 14.0. The number of rotatable bonds is 8. The van der Waals surface area contributed by atoms with Crippen LogP contribution in [0.1, 0.15) is 54.3 Å². The molecule has 0 bridgehead atoms. The van der Waals surface area contributed by atoms with E-state index in [9.17, 15) is 14.3 Å². The van der Waals surface area contributed by atoms with Crippen molar-refractivity contribution < 1.29 is 19.0 Å². The summed E-state index contributed by atoms with van der Waals surface area (Å²) in [7, 11) is 0. The summed E-state index contributed by atoms with van der Waals surface area (Å²) < 4.78 is 19.7. The summed E-state index contributed by atoms with van der Waals surface area (Å²) in [6.07, 6.45) is 0. The van der Waals surface area contributed by atoms with Crippen molar-refractivity contribution in [3.05, 3.63) is 101 Å². The molecule has 2 atom stereocenters. The molecule has 0 aliphatic rings. The van der Waals surface area contributed by atoms with E-state index in [0.29, 0.717) is 12.2 Å². The van der Waals surface area contributed by atoms with Gasteiger partial charge < -0.3 is 15.2 Å². The fraction of sp³-hybridized carbons (Fsp3) is 0.207. The van der Waals surface area contributed by atoms with Crippen LogP contribution in [-0.4, -0.2) is 17.7 Å². The molecule has 0 amide bonds. The molecule has 4 aromatic rings. The van der Waals surface area contributed by atoms with Gasteiger partial charge >= 0.3 is 5.97 Å². The highest BCUT2D eigenvalue weighted by Gasteiger charge is 2.17. The molecule has 2 N–H and O–H groups in total. The Bertz CT molecular complexity index is 1330. The highest BCUT2D eigenvalue weighted by Crippen LogP contribution is 2.34. The van der Waals surface area contributed by atoms with Crippen LogP contribution in [0.2, 0.25) is 0 Å². The van der Waals surface area contributed by atoms with Crippen molar-refractivity contribution in [3.63, 3.8) is 0 Å². The molecule has 0 spiro atoms. The Labute approximate surface area is 199 Å². The molecule has 4 nitrogen and oxygen atoms in total. The molecular weight excluding hydrogens is 429 g/mol. The van der Waals surface area contributed by atoms with Gasteiger partial charge in [0.1, 0.15) is 11.6 Å². The minimum Gasteiger partial charge on any atom is -0.494 e. The number of benzene rings is 4. The van der Waals surface area contributed by atoms with E-state index in [1.807, 2.05) is 49.4 Å². The SMILES string of the molecule is CCOc1cccc([C@@H](C)NC(C)c2cc(-c3ccc(F)c(C(=O)O)c3)c3ccccc3c2)c1. The highest BCUT2D eigenvalue weighted by atomic mass is 19.1. The monoisotopic (exact) mass is 457 g/mol. The normalized spacial score (nSPS) is 12.9. The van der Waals surface area contributed by atoms with E-state index in [1.165, 1.54) is 12.1 Å². The smallest absolute Gasteiger partial charge is 0.338 e. The summed E-state index contributed by atoms with van der Waals surface area (Å²) in [6.45, 7) is 6.80. The largest absolute Gasteiger partial charge is 0.494 e. The fourth-order valence-corrected chi connectivity index (χ4v) is 4.29. The van der Waals surface area contributed by atoms with E-state index in [-0.39, 0.29) is 17.6 Å². The quantitative estimate of drug-likeness (QED) is 0.295. The molecule has 0 fully saturated rings. The Hall–Kier alpha value is -3.70. The molecule has 1 unspecified atom stereocenters. The van der Waals surface area contributed by atoms with Gasteiger partial charge in [0, 0.05) is 12.1 Å². The topological polar surface area (TPSA) is 58.6 Å². The Morgan fingerprint density at radius 1 is 0.941 bits per heavy atom. The predicted molar refractivity (Wildman–Crippen MR) is 134 cm³/mol. The molecule has 0 saturated heterocycles. The number of halogens is 1. The molecule has 0 aliphatic heterocycles. The average molecular weight is 458 g/mol. The molecule has 0 radical (unpaired) electrons. The van der Waals surface area contributed by atoms with Gasteiger partial charge in [-0.1, -0.05) is 42.5 Å². The number of hydrogen-bond acceptors (Lipinski definition) is 3. The molecule has 5 heteroatoms. The molecule has 0 aromatic heterocycles. The lowest BCUT2D eigenvalue weighted by Gasteiger charge is -2.23. The first-order chi connectivity index (χ1) is 16.4. The number of ether oxygens (including phenoxy) is 1. The van der Waals surface area contributed by atoms with E-state index >= 15 is 0 Å². The number of carboxylic acid groups (broad SMARTS) is 1. The maximum Gasteiger partial charge on any atom is 0.338 e. The Morgan fingerprint density at radius 3 is 2.47 bits per heavy atom. The summed E-state index contributed by atoms with van der Waals surface area (Å²) in [5.74, 6) is -1.17. The van der Waals surface area contributed by atoms with Crippen molar-refractivity contribution in [1.82, 2.24) is 5.32 Å². The van der Waals surface area contributed by atoms with Gasteiger partial charge in [0.25, 0.3) is 0 Å². The molecular formula is C29H28FNO3. The number of carbonyl (C=O) groups is 1. The van der Waals surface area contributed by atoms with E-state index in [0.717, 1.165) is 33.2 Å². The summed E-state index contributed by atoms with van der Waals surface area (Å²) >= 11 is 0. The van der Waals surface area contributed by atoms with Gasteiger partial charge in [-0.25, -0.2) is 9.18 Å². The van der Waals surface area contributed by atoms with E-state index in [1.54, 1.807) is 6.07 Å². The molecule has 4 rings (SSSR count). The molecule has 0 saturated carbocycles. The predicted octanol–water partition coefficient (Wildman–Crippen LogP) is 7.15. The zero-order valence-corrected chi connectivity index (χ0v) is 19.5. The van der Waals surface area contributed by atoms with Crippen molar-refractivity contribution in [1.29, 1.82) is 0 Å². The van der Waals surface area contributed by atoms with Crippen molar-refractivity contribution in [2.45, 2.75) is 32.9 Å². The second kappa shape index (κ2) is 10.1. The fourth-order valence-electron chi connectivity index (χ4n) is 4.29. The van der Waals surface area contributed by atoms with Crippen molar-refractivity contribution in [3.8, 4) is 16.9 Å². The lowest BCUT2D eigenvalue weighted by Crippen LogP contribution is -2.22. The minimum absolute atomic E-state index is 0.00787. The minimum atomic E-state index is -1.28. The molecule has 0 heterocycles. The molecule has 34 heavy (non-hydrogen) atoms. The Morgan fingerprint density at radius 2 is 1.71 bits per heavy atom. The van der Waals surface area contributed by atoms with Crippen molar-refractivity contribution in [2.24, 2.45) is 0 Å². The third-order valence-corrected chi connectivity index (χ3v) is 6.06. The third kappa shape index (κ3) is 4.95. The molecule has 174 valence electrons. The van der Waals surface area contributed by atoms with Crippen LogP contribution in [0.4, 0.5) is 4.39 Å². The van der Waals surface area contributed by atoms with Crippen LogP contribution in [0.3, 0.4) is 0 Å². The second-order valence-electron chi connectivity index (χ2n) is 8.40. The third-order valence-electron chi connectivity index (χ3n) is 6.06. The van der Waals surface area contributed by atoms with E-state index in [4.69, 9.17) is 4.74 Å². The van der Waals surface area contributed by atoms with Gasteiger partial charge in [0.15, 0.2) is 0 Å². The van der Waals surface area contributed by atoms with Gasteiger partial charge in [0.05, 0.1) is 12.2 Å². The first kappa shape index (κ1) is 23.5. The molecule has 4 aromatic carbocycles. The van der Waals surface area contributed by atoms with Gasteiger partial charge in [-0.2, -0.15) is 0 Å². The summed E-state index contributed by atoms with van der Waals surface area (Å²) in [6, 6.07) is 24.6. The number of hydrogen-bond donors (Lipinski definition) is 2. The number of fused-ring (bicyclic) bond motifs is 1. The summed E-state index contributed by atoms with van der Waals surface area (Å²) in [5, 5.41) is 15.1. The lowest BCUT2D eigenvalue weighted by atomic mass is 9.92. The van der Waals surface area contributed by atoms with Crippen LogP contribution >= 0.6 is 0 Å². The van der Waals surface area contributed by atoms with Gasteiger partial charge in [-0.05, 0) is 90.2 Å². The lowest BCUT2D eigenvalue weighted by molar-refractivity contribution is 0.0692. The zero-order chi connectivity index (χ0) is 24.2. The van der Waals surface area contributed by atoms with Crippen LogP contribution in [0.25, 0.3) is 21.9 Å².